The standard InChI is InChI=1S/C12H13N3OS/c13-7-9-2-1-3-10(6-9)15-12(16)11-8-17-5-4-14-11/h1-3,6,11,14H,4-5,8H2,(H,15,16). The van der Waals surface area contributed by atoms with Gasteiger partial charge >= 0.3 is 0 Å². The number of benzene rings is 1. The lowest BCUT2D eigenvalue weighted by Crippen LogP contribution is -2.46. The van der Waals surface area contributed by atoms with Crippen LogP contribution >= 0.6 is 11.8 Å². The molecule has 2 N–H and O–H groups in total. The minimum Gasteiger partial charge on any atom is -0.325 e. The van der Waals surface area contributed by atoms with E-state index >= 15 is 0 Å². The number of amides is 1. The molecule has 1 saturated heterocycles. The van der Waals surface area contributed by atoms with E-state index in [2.05, 4.69) is 10.6 Å². The molecule has 2 rings (SSSR count). The van der Waals surface area contributed by atoms with Crippen molar-refractivity contribution < 1.29 is 4.79 Å². The largest absolute Gasteiger partial charge is 0.325 e. The van der Waals surface area contributed by atoms with Crippen LogP contribution in [0.15, 0.2) is 24.3 Å². The number of hydrogen-bond donors (Lipinski definition) is 2. The fraction of sp³-hybridized carbons (Fsp3) is 0.333. The van der Waals surface area contributed by atoms with Crippen LogP contribution in [0, 0.1) is 11.3 Å². The summed E-state index contributed by atoms with van der Waals surface area (Å²) in [4.78, 5) is 11.9. The van der Waals surface area contributed by atoms with Crippen molar-refractivity contribution >= 4 is 23.4 Å². The van der Waals surface area contributed by atoms with Crippen LogP contribution in [-0.2, 0) is 4.79 Å². The molecule has 0 aromatic heterocycles. The minimum atomic E-state index is -0.139. The molecule has 0 saturated carbocycles. The number of hydrogen-bond acceptors (Lipinski definition) is 4. The topological polar surface area (TPSA) is 64.9 Å². The quantitative estimate of drug-likeness (QED) is 0.824. The smallest absolute Gasteiger partial charge is 0.242 e. The van der Waals surface area contributed by atoms with Crippen LogP contribution in [0.4, 0.5) is 5.69 Å². The van der Waals surface area contributed by atoms with E-state index in [1.165, 1.54) is 0 Å². The van der Waals surface area contributed by atoms with Crippen LogP contribution in [0.25, 0.3) is 0 Å². The molecule has 88 valence electrons. The van der Waals surface area contributed by atoms with Crippen molar-refractivity contribution in [3.05, 3.63) is 29.8 Å². The molecule has 0 bridgehead atoms. The second kappa shape index (κ2) is 5.71. The maximum absolute atomic E-state index is 11.9. The zero-order chi connectivity index (χ0) is 12.1. The third kappa shape index (κ3) is 3.22. The van der Waals surface area contributed by atoms with Gasteiger partial charge in [-0.3, -0.25) is 4.79 Å². The van der Waals surface area contributed by atoms with E-state index in [1.807, 2.05) is 6.07 Å². The Hall–Kier alpha value is -1.51. The van der Waals surface area contributed by atoms with E-state index in [9.17, 15) is 4.79 Å². The maximum atomic E-state index is 11.9. The number of rotatable bonds is 2. The van der Waals surface area contributed by atoms with Gasteiger partial charge in [0.2, 0.25) is 5.91 Å². The second-order valence-electron chi connectivity index (χ2n) is 3.76. The van der Waals surface area contributed by atoms with Crippen molar-refractivity contribution in [2.75, 3.05) is 23.4 Å². The van der Waals surface area contributed by atoms with Crippen LogP contribution in [0.2, 0.25) is 0 Å². The van der Waals surface area contributed by atoms with Crippen LogP contribution < -0.4 is 10.6 Å². The highest BCUT2D eigenvalue weighted by Crippen LogP contribution is 2.12. The lowest BCUT2D eigenvalue weighted by atomic mass is 10.2. The SMILES string of the molecule is N#Cc1cccc(NC(=O)C2CSCCN2)c1. The number of carbonyl (C=O) groups excluding carboxylic acids is 1. The average molecular weight is 247 g/mol. The summed E-state index contributed by atoms with van der Waals surface area (Å²) in [6.07, 6.45) is 0. The molecule has 1 heterocycles. The summed E-state index contributed by atoms with van der Waals surface area (Å²) < 4.78 is 0. The highest BCUT2D eigenvalue weighted by Gasteiger charge is 2.20. The molecular formula is C12H13N3OS. The molecule has 1 aromatic rings. The Bertz CT molecular complexity index is 449. The molecule has 1 amide bonds. The molecule has 1 aliphatic rings. The Morgan fingerprint density at radius 1 is 1.59 bits per heavy atom. The van der Waals surface area contributed by atoms with Gasteiger partial charge in [-0.25, -0.2) is 0 Å². The van der Waals surface area contributed by atoms with Crippen molar-refractivity contribution in [3.63, 3.8) is 0 Å². The Kier molecular flexibility index (Phi) is 4.02. The number of nitriles is 1. The van der Waals surface area contributed by atoms with Gasteiger partial charge in [-0.1, -0.05) is 6.07 Å². The summed E-state index contributed by atoms with van der Waals surface area (Å²) in [6.45, 7) is 0.862. The monoisotopic (exact) mass is 247 g/mol. The van der Waals surface area contributed by atoms with Gasteiger partial charge in [0.25, 0.3) is 0 Å². The number of thioether (sulfide) groups is 1. The minimum absolute atomic E-state index is 0.0349. The molecule has 17 heavy (non-hydrogen) atoms. The van der Waals surface area contributed by atoms with Crippen LogP contribution in [0.1, 0.15) is 5.56 Å². The third-order valence-corrected chi connectivity index (χ3v) is 3.56. The van der Waals surface area contributed by atoms with Gasteiger partial charge in [0, 0.05) is 23.7 Å². The molecule has 1 fully saturated rings. The fourth-order valence-electron chi connectivity index (χ4n) is 1.63. The predicted octanol–water partition coefficient (Wildman–Crippen LogP) is 1.20. The Balaban J connectivity index is 1.99. The maximum Gasteiger partial charge on any atom is 0.242 e. The first kappa shape index (κ1) is 12.0. The first-order valence-electron chi connectivity index (χ1n) is 5.42. The van der Waals surface area contributed by atoms with Crippen molar-refractivity contribution in [3.8, 4) is 6.07 Å². The van der Waals surface area contributed by atoms with Gasteiger partial charge in [0.1, 0.15) is 0 Å². The zero-order valence-corrected chi connectivity index (χ0v) is 10.1. The van der Waals surface area contributed by atoms with Crippen LogP contribution in [0.5, 0.6) is 0 Å². The highest BCUT2D eigenvalue weighted by molar-refractivity contribution is 7.99. The normalized spacial score (nSPS) is 19.4. The molecule has 4 nitrogen and oxygen atoms in total. The van der Waals surface area contributed by atoms with Crippen molar-refractivity contribution in [2.45, 2.75) is 6.04 Å². The van der Waals surface area contributed by atoms with Crippen molar-refractivity contribution in [1.29, 1.82) is 5.26 Å². The van der Waals surface area contributed by atoms with Crippen LogP contribution in [0.3, 0.4) is 0 Å². The summed E-state index contributed by atoms with van der Waals surface area (Å²) in [6, 6.07) is 8.84. The zero-order valence-electron chi connectivity index (χ0n) is 9.27. The predicted molar refractivity (Wildman–Crippen MR) is 68.9 cm³/mol. The molecule has 1 aromatic carbocycles. The second-order valence-corrected chi connectivity index (χ2v) is 4.91. The number of carbonyl (C=O) groups is 1. The molecule has 0 radical (unpaired) electrons. The Labute approximate surface area is 104 Å². The first-order chi connectivity index (χ1) is 8.29. The number of nitrogens with one attached hydrogen (secondary N) is 2. The number of nitrogens with zero attached hydrogens (tertiary/aromatic N) is 1. The Morgan fingerprint density at radius 3 is 3.18 bits per heavy atom. The Morgan fingerprint density at radius 2 is 2.47 bits per heavy atom. The lowest BCUT2D eigenvalue weighted by molar-refractivity contribution is -0.117. The van der Waals surface area contributed by atoms with E-state index in [0.29, 0.717) is 11.3 Å². The van der Waals surface area contributed by atoms with Crippen LogP contribution in [-0.4, -0.2) is 30.0 Å². The first-order valence-corrected chi connectivity index (χ1v) is 6.57. The van der Waals surface area contributed by atoms with E-state index in [0.717, 1.165) is 18.1 Å². The summed E-state index contributed by atoms with van der Waals surface area (Å²) in [5.41, 5.74) is 1.22. The molecule has 1 atom stereocenters. The van der Waals surface area contributed by atoms with Gasteiger partial charge in [0.05, 0.1) is 17.7 Å². The molecule has 0 aliphatic carbocycles. The van der Waals surface area contributed by atoms with Gasteiger partial charge in [0.15, 0.2) is 0 Å². The van der Waals surface area contributed by atoms with Gasteiger partial charge in [-0.15, -0.1) is 0 Å². The van der Waals surface area contributed by atoms with Crippen molar-refractivity contribution in [2.24, 2.45) is 0 Å². The summed E-state index contributed by atoms with van der Waals surface area (Å²) >= 11 is 1.77. The van der Waals surface area contributed by atoms with Gasteiger partial charge in [-0.2, -0.15) is 17.0 Å². The molecular weight excluding hydrogens is 234 g/mol. The van der Waals surface area contributed by atoms with Crippen molar-refractivity contribution in [1.82, 2.24) is 5.32 Å². The average Bonchev–Trinajstić information content (AvgIpc) is 2.40. The third-order valence-electron chi connectivity index (χ3n) is 2.50. The summed E-state index contributed by atoms with van der Waals surface area (Å²) in [5, 5.41) is 14.8. The van der Waals surface area contributed by atoms with E-state index in [1.54, 1.807) is 36.0 Å². The van der Waals surface area contributed by atoms with E-state index < -0.39 is 0 Å². The van der Waals surface area contributed by atoms with E-state index in [4.69, 9.17) is 5.26 Å². The van der Waals surface area contributed by atoms with E-state index in [-0.39, 0.29) is 11.9 Å². The highest BCUT2D eigenvalue weighted by atomic mass is 32.2. The number of anilines is 1. The van der Waals surface area contributed by atoms with Gasteiger partial charge in [-0.05, 0) is 18.2 Å². The lowest BCUT2D eigenvalue weighted by Gasteiger charge is -2.22. The molecule has 1 unspecified atom stereocenters. The summed E-state index contributed by atoms with van der Waals surface area (Å²) in [5.74, 6) is 1.81. The fourth-order valence-corrected chi connectivity index (χ4v) is 2.56. The molecule has 1 aliphatic heterocycles. The molecule has 5 heteroatoms. The van der Waals surface area contributed by atoms with Gasteiger partial charge < -0.3 is 10.6 Å². The summed E-state index contributed by atoms with van der Waals surface area (Å²) in [7, 11) is 0. The molecule has 0 spiro atoms.